The number of nitrogens with zero attached hydrogens (tertiary/aromatic N) is 4. The maximum Gasteiger partial charge on any atom is 0.258 e. The molecular formula is C27H28FN5O2. The first-order valence-electron chi connectivity index (χ1n) is 11.3. The Morgan fingerprint density at radius 1 is 1.14 bits per heavy atom. The molecule has 0 spiro atoms. The summed E-state index contributed by atoms with van der Waals surface area (Å²) in [6.45, 7) is 1.65. The van der Waals surface area contributed by atoms with Crippen LogP contribution in [0.3, 0.4) is 0 Å². The van der Waals surface area contributed by atoms with E-state index in [1.165, 1.54) is 6.07 Å². The van der Waals surface area contributed by atoms with Crippen LogP contribution in [-0.2, 0) is 20.1 Å². The van der Waals surface area contributed by atoms with Gasteiger partial charge in [-0.25, -0.2) is 9.37 Å². The molecule has 1 atom stereocenters. The number of nitrogens with one attached hydrogen (secondary N) is 1. The number of hydrogen-bond donors (Lipinski definition) is 2. The Kier molecular flexibility index (Phi) is 7.22. The lowest BCUT2D eigenvalue weighted by molar-refractivity contribution is 0.275. The first-order valence-corrected chi connectivity index (χ1v) is 11.3. The zero-order valence-electron chi connectivity index (χ0n) is 19.9. The van der Waals surface area contributed by atoms with Crippen LogP contribution < -0.4 is 15.8 Å². The van der Waals surface area contributed by atoms with Crippen LogP contribution in [0.5, 0.6) is 0 Å². The normalized spacial score (nSPS) is 11.8. The summed E-state index contributed by atoms with van der Waals surface area (Å²) >= 11 is 0. The summed E-state index contributed by atoms with van der Waals surface area (Å²) < 4.78 is 15.2. The molecule has 0 aliphatic heterocycles. The molecule has 0 amide bonds. The molecule has 0 saturated heterocycles. The third kappa shape index (κ3) is 5.55. The predicted octanol–water partition coefficient (Wildman–Crippen LogP) is 4.28. The molecule has 0 saturated carbocycles. The molecule has 2 aromatic heterocycles. The zero-order valence-corrected chi connectivity index (χ0v) is 19.9. The highest BCUT2D eigenvalue weighted by molar-refractivity contribution is 5.70. The van der Waals surface area contributed by atoms with Gasteiger partial charge in [0.15, 0.2) is 0 Å². The molecule has 2 heterocycles. The third-order valence-corrected chi connectivity index (χ3v) is 5.82. The van der Waals surface area contributed by atoms with Gasteiger partial charge in [0, 0.05) is 43.7 Å². The molecule has 0 unspecified atom stereocenters. The second-order valence-electron chi connectivity index (χ2n) is 8.52. The zero-order chi connectivity index (χ0) is 24.9. The van der Waals surface area contributed by atoms with Crippen LogP contribution in [0, 0.1) is 5.82 Å². The topological polar surface area (TPSA) is 83.3 Å². The fourth-order valence-corrected chi connectivity index (χ4v) is 3.94. The van der Waals surface area contributed by atoms with Crippen molar-refractivity contribution in [2.24, 2.45) is 7.05 Å². The lowest BCUT2D eigenvalue weighted by Gasteiger charge is -2.21. The number of rotatable bonds is 8. The smallest absolute Gasteiger partial charge is 0.258 e. The van der Waals surface area contributed by atoms with E-state index in [9.17, 15) is 14.3 Å². The molecule has 2 aromatic carbocycles. The molecule has 0 aliphatic carbocycles. The van der Waals surface area contributed by atoms with E-state index in [0.29, 0.717) is 23.8 Å². The lowest BCUT2D eigenvalue weighted by Crippen LogP contribution is -2.22. The van der Waals surface area contributed by atoms with E-state index in [-0.39, 0.29) is 23.8 Å². The third-order valence-electron chi connectivity index (χ3n) is 5.82. The average molecular weight is 474 g/mol. The van der Waals surface area contributed by atoms with Crippen molar-refractivity contribution in [2.45, 2.75) is 26.0 Å². The Bertz CT molecular complexity index is 1370. The first-order chi connectivity index (χ1) is 16.9. The fraction of sp³-hybridized carbons (Fsp3) is 0.222. The summed E-state index contributed by atoms with van der Waals surface area (Å²) in [6, 6.07) is 18.0. The van der Waals surface area contributed by atoms with E-state index in [2.05, 4.69) is 15.3 Å². The van der Waals surface area contributed by atoms with Crippen molar-refractivity contribution >= 4 is 17.5 Å². The summed E-state index contributed by atoms with van der Waals surface area (Å²) in [5, 5.41) is 12.6. The summed E-state index contributed by atoms with van der Waals surface area (Å²) in [7, 11) is 3.62. The molecule has 4 aromatic rings. The van der Waals surface area contributed by atoms with Gasteiger partial charge in [0.2, 0.25) is 5.95 Å². The van der Waals surface area contributed by atoms with Crippen LogP contribution in [0.25, 0.3) is 11.1 Å². The summed E-state index contributed by atoms with van der Waals surface area (Å²) in [5.74, 6) is 0.709. The van der Waals surface area contributed by atoms with Gasteiger partial charge < -0.3 is 19.9 Å². The second kappa shape index (κ2) is 10.5. The molecular weight excluding hydrogens is 445 g/mol. The monoisotopic (exact) mass is 473 g/mol. The van der Waals surface area contributed by atoms with Crippen LogP contribution in [0.1, 0.15) is 18.1 Å². The van der Waals surface area contributed by atoms with Gasteiger partial charge in [0.25, 0.3) is 5.56 Å². The van der Waals surface area contributed by atoms with Crippen LogP contribution >= 0.6 is 0 Å². The van der Waals surface area contributed by atoms with Crippen molar-refractivity contribution in [1.29, 1.82) is 0 Å². The van der Waals surface area contributed by atoms with Gasteiger partial charge in [0.05, 0.1) is 12.3 Å². The Labute approximate surface area is 203 Å². The van der Waals surface area contributed by atoms with Gasteiger partial charge in [-0.05, 0) is 42.7 Å². The van der Waals surface area contributed by atoms with E-state index in [1.807, 2.05) is 55.3 Å². The minimum Gasteiger partial charge on any atom is -0.392 e. The molecule has 180 valence electrons. The average Bonchev–Trinajstić information content (AvgIpc) is 2.87. The summed E-state index contributed by atoms with van der Waals surface area (Å²) in [4.78, 5) is 23.6. The highest BCUT2D eigenvalue weighted by Gasteiger charge is 2.14. The number of benzene rings is 2. The molecule has 7 nitrogen and oxygen atoms in total. The number of aryl methyl sites for hydroxylation is 1. The number of hydrogen-bond acceptors (Lipinski definition) is 6. The maximum absolute atomic E-state index is 13.7. The minimum absolute atomic E-state index is 0.0326. The predicted molar refractivity (Wildman–Crippen MR) is 136 cm³/mol. The van der Waals surface area contributed by atoms with Crippen LogP contribution in [0.2, 0.25) is 0 Å². The quantitative estimate of drug-likeness (QED) is 0.397. The largest absolute Gasteiger partial charge is 0.392 e. The van der Waals surface area contributed by atoms with E-state index in [1.54, 1.807) is 42.2 Å². The van der Waals surface area contributed by atoms with Gasteiger partial charge in [-0.1, -0.05) is 42.5 Å². The van der Waals surface area contributed by atoms with Crippen molar-refractivity contribution in [1.82, 2.24) is 14.5 Å². The molecule has 35 heavy (non-hydrogen) atoms. The molecule has 0 radical (unpaired) electrons. The van der Waals surface area contributed by atoms with Crippen molar-refractivity contribution in [3.63, 3.8) is 0 Å². The van der Waals surface area contributed by atoms with Crippen LogP contribution in [-0.4, -0.2) is 32.7 Å². The number of aliphatic hydroxyl groups is 1. The Morgan fingerprint density at radius 3 is 2.66 bits per heavy atom. The standard InChI is InChI=1S/C27H28FN5O2/c1-18(13-19-9-10-24(28)21(14-19)17-34)30-27-29-12-11-25(31-27)33(3)22-15-23(26(35)32(2)16-22)20-7-5-4-6-8-20/h4-12,14-16,18,34H,13,17H2,1-3H3,(H,29,30,31)/t18-/m1/s1. The Morgan fingerprint density at radius 2 is 1.91 bits per heavy atom. The number of pyridine rings is 1. The lowest BCUT2D eigenvalue weighted by atomic mass is 10.0. The fourth-order valence-electron chi connectivity index (χ4n) is 3.94. The number of anilines is 3. The summed E-state index contributed by atoms with van der Waals surface area (Å²) in [5.41, 5.74) is 3.39. The van der Waals surface area contributed by atoms with Gasteiger partial charge in [-0.15, -0.1) is 0 Å². The first kappa shape index (κ1) is 24.1. The Hall–Kier alpha value is -4.04. The van der Waals surface area contributed by atoms with Gasteiger partial charge in [-0.2, -0.15) is 4.98 Å². The van der Waals surface area contributed by atoms with Crippen molar-refractivity contribution < 1.29 is 9.50 Å². The molecule has 8 heteroatoms. The molecule has 0 aliphatic rings. The number of halogens is 1. The summed E-state index contributed by atoms with van der Waals surface area (Å²) in [6.07, 6.45) is 4.06. The highest BCUT2D eigenvalue weighted by Crippen LogP contribution is 2.25. The van der Waals surface area contributed by atoms with E-state index >= 15 is 0 Å². The molecule has 2 N–H and O–H groups in total. The highest BCUT2D eigenvalue weighted by atomic mass is 19.1. The maximum atomic E-state index is 13.7. The number of aliphatic hydroxyl groups excluding tert-OH is 1. The van der Waals surface area contributed by atoms with Crippen LogP contribution in [0.15, 0.2) is 77.9 Å². The van der Waals surface area contributed by atoms with E-state index in [0.717, 1.165) is 16.8 Å². The minimum atomic E-state index is -0.412. The van der Waals surface area contributed by atoms with Gasteiger partial charge in [-0.3, -0.25) is 4.79 Å². The van der Waals surface area contributed by atoms with Crippen molar-refractivity contribution in [2.75, 3.05) is 17.3 Å². The van der Waals surface area contributed by atoms with Crippen molar-refractivity contribution in [3.05, 3.63) is 100 Å². The van der Waals surface area contributed by atoms with Crippen LogP contribution in [0.4, 0.5) is 21.8 Å². The molecule has 4 rings (SSSR count). The van der Waals surface area contributed by atoms with Gasteiger partial charge >= 0.3 is 0 Å². The number of aromatic nitrogens is 3. The molecule has 0 bridgehead atoms. The SMILES string of the molecule is C[C@H](Cc1ccc(F)c(CO)c1)Nc1nccc(N(C)c2cc(-c3ccccc3)c(=O)n(C)c2)n1. The molecule has 0 fully saturated rings. The Balaban J connectivity index is 1.54. The second-order valence-corrected chi connectivity index (χ2v) is 8.52. The van der Waals surface area contributed by atoms with E-state index in [4.69, 9.17) is 0 Å². The van der Waals surface area contributed by atoms with Crippen molar-refractivity contribution in [3.8, 4) is 11.1 Å². The van der Waals surface area contributed by atoms with E-state index < -0.39 is 5.82 Å². The van der Waals surface area contributed by atoms with Gasteiger partial charge in [0.1, 0.15) is 11.6 Å².